The number of H-pyrrole nitrogens is 1. The van der Waals surface area contributed by atoms with Crippen LogP contribution in [-0.2, 0) is 11.8 Å². The van der Waals surface area contributed by atoms with Gasteiger partial charge in [-0.2, -0.15) is 0 Å². The summed E-state index contributed by atoms with van der Waals surface area (Å²) >= 11 is 0. The smallest absolute Gasteiger partial charge is 0.329 e. The molecule has 0 saturated heterocycles. The maximum Gasteiger partial charge on any atom is 0.329 e. The van der Waals surface area contributed by atoms with Crippen molar-refractivity contribution in [2.75, 3.05) is 37.2 Å². The first kappa shape index (κ1) is 15.1. The number of nitrogens with one attached hydrogen (secondary N) is 1. The third-order valence-electron chi connectivity index (χ3n) is 4.94. The van der Waals surface area contributed by atoms with Gasteiger partial charge in [0.15, 0.2) is 0 Å². The van der Waals surface area contributed by atoms with Gasteiger partial charge in [-0.25, -0.2) is 4.79 Å². The number of methoxy groups -OCH3 is 1. The van der Waals surface area contributed by atoms with Crippen molar-refractivity contribution in [3.63, 3.8) is 0 Å². The predicted octanol–water partition coefficient (Wildman–Crippen LogP) is 0.492. The summed E-state index contributed by atoms with van der Waals surface area (Å²) in [6.45, 7) is 1.53. The van der Waals surface area contributed by atoms with E-state index in [4.69, 9.17) is 4.74 Å². The summed E-state index contributed by atoms with van der Waals surface area (Å²) < 4.78 is 6.96. The molecule has 0 spiro atoms. The zero-order valence-electron chi connectivity index (χ0n) is 13.5. The Hall–Kier alpha value is -1.76. The molecule has 0 aromatic carbocycles. The summed E-state index contributed by atoms with van der Waals surface area (Å²) in [6.07, 6.45) is 4.82. The van der Waals surface area contributed by atoms with Crippen molar-refractivity contribution in [1.82, 2.24) is 9.55 Å². The van der Waals surface area contributed by atoms with E-state index in [1.807, 2.05) is 11.9 Å². The van der Waals surface area contributed by atoms with Gasteiger partial charge in [0.05, 0.1) is 12.8 Å². The Morgan fingerprint density at radius 1 is 1.18 bits per heavy atom. The molecule has 2 heterocycles. The lowest BCUT2D eigenvalue weighted by atomic mass is 9.87. The van der Waals surface area contributed by atoms with Crippen LogP contribution < -0.4 is 21.0 Å². The summed E-state index contributed by atoms with van der Waals surface area (Å²) in [5, 5.41) is 0. The third kappa shape index (κ3) is 2.54. The van der Waals surface area contributed by atoms with Gasteiger partial charge in [-0.3, -0.25) is 14.3 Å². The highest BCUT2D eigenvalue weighted by molar-refractivity contribution is 5.71. The van der Waals surface area contributed by atoms with Gasteiger partial charge in [0.25, 0.3) is 5.56 Å². The van der Waals surface area contributed by atoms with E-state index in [-0.39, 0.29) is 11.2 Å². The first-order valence-corrected chi connectivity index (χ1v) is 7.83. The van der Waals surface area contributed by atoms with Gasteiger partial charge in [-0.15, -0.1) is 0 Å². The molecule has 1 aromatic rings. The minimum absolute atomic E-state index is 0.300. The van der Waals surface area contributed by atoms with E-state index in [1.165, 1.54) is 0 Å². The van der Waals surface area contributed by atoms with Crippen LogP contribution in [0.2, 0.25) is 0 Å². The Morgan fingerprint density at radius 3 is 2.50 bits per heavy atom. The molecule has 7 heteroatoms. The zero-order chi connectivity index (χ0) is 15.9. The Bertz CT molecular complexity index is 658. The summed E-state index contributed by atoms with van der Waals surface area (Å²) in [6, 6.07) is 0. The monoisotopic (exact) mass is 308 g/mol. The van der Waals surface area contributed by atoms with Gasteiger partial charge in [-0.1, -0.05) is 0 Å². The highest BCUT2D eigenvalue weighted by Gasteiger charge is 2.32. The average molecular weight is 308 g/mol. The average Bonchev–Trinajstić information content (AvgIpc) is 2.82. The van der Waals surface area contributed by atoms with Gasteiger partial charge < -0.3 is 14.5 Å². The number of hydrogen-bond donors (Lipinski definition) is 1. The predicted molar refractivity (Wildman–Crippen MR) is 85.7 cm³/mol. The van der Waals surface area contributed by atoms with Crippen molar-refractivity contribution < 1.29 is 4.74 Å². The van der Waals surface area contributed by atoms with Crippen LogP contribution in [0, 0.1) is 5.92 Å². The summed E-state index contributed by atoms with van der Waals surface area (Å²) in [7, 11) is 5.38. The maximum atomic E-state index is 12.1. The molecule has 1 fully saturated rings. The van der Waals surface area contributed by atoms with Crippen LogP contribution in [0.15, 0.2) is 9.59 Å². The molecule has 0 bridgehead atoms. The summed E-state index contributed by atoms with van der Waals surface area (Å²) in [4.78, 5) is 30.4. The molecule has 1 aromatic heterocycles. The molecule has 22 heavy (non-hydrogen) atoms. The largest absolute Gasteiger partial charge is 0.381 e. The molecule has 1 aliphatic carbocycles. The van der Waals surface area contributed by atoms with E-state index in [0.717, 1.165) is 38.0 Å². The molecule has 2 aliphatic rings. The van der Waals surface area contributed by atoms with Gasteiger partial charge in [-0.05, 0) is 31.6 Å². The molecule has 0 atom stereocenters. The fourth-order valence-corrected chi connectivity index (χ4v) is 3.70. The molecule has 0 radical (unpaired) electrons. The first-order chi connectivity index (χ1) is 10.5. The number of nitrogens with zero attached hydrogens (tertiary/aromatic N) is 3. The van der Waals surface area contributed by atoms with E-state index >= 15 is 0 Å². The van der Waals surface area contributed by atoms with Gasteiger partial charge in [0.1, 0.15) is 11.5 Å². The van der Waals surface area contributed by atoms with E-state index < -0.39 is 0 Å². The molecular formula is C15H24N4O3. The Labute approximate surface area is 129 Å². The van der Waals surface area contributed by atoms with Crippen LogP contribution in [-0.4, -0.2) is 43.0 Å². The van der Waals surface area contributed by atoms with Gasteiger partial charge in [0, 0.05) is 27.7 Å². The number of aromatic amines is 1. The lowest BCUT2D eigenvalue weighted by Gasteiger charge is -2.31. The van der Waals surface area contributed by atoms with Crippen molar-refractivity contribution in [2.24, 2.45) is 13.0 Å². The summed E-state index contributed by atoms with van der Waals surface area (Å²) in [5.74, 6) is 1.32. The topological polar surface area (TPSA) is 70.6 Å². The Balaban J connectivity index is 1.82. The van der Waals surface area contributed by atoms with E-state index in [2.05, 4.69) is 9.88 Å². The Kier molecular flexibility index (Phi) is 3.99. The molecule has 1 saturated carbocycles. The van der Waals surface area contributed by atoms with Crippen molar-refractivity contribution in [3.05, 3.63) is 20.8 Å². The second-order valence-electron chi connectivity index (χ2n) is 6.43. The van der Waals surface area contributed by atoms with Crippen LogP contribution in [0.4, 0.5) is 11.5 Å². The highest BCUT2D eigenvalue weighted by Crippen LogP contribution is 2.33. The number of anilines is 2. The van der Waals surface area contributed by atoms with Crippen LogP contribution in [0.5, 0.6) is 0 Å². The number of hydrogen-bond acceptors (Lipinski definition) is 5. The fraction of sp³-hybridized carbons (Fsp3) is 0.733. The van der Waals surface area contributed by atoms with E-state index in [9.17, 15) is 9.59 Å². The Morgan fingerprint density at radius 2 is 1.86 bits per heavy atom. The van der Waals surface area contributed by atoms with Crippen LogP contribution in [0.1, 0.15) is 25.7 Å². The molecule has 1 N–H and O–H groups in total. The highest BCUT2D eigenvalue weighted by atomic mass is 16.5. The lowest BCUT2D eigenvalue weighted by Crippen LogP contribution is -2.36. The quantitative estimate of drug-likeness (QED) is 0.880. The first-order valence-electron chi connectivity index (χ1n) is 7.83. The normalized spacial score (nSPS) is 24.7. The second-order valence-corrected chi connectivity index (χ2v) is 6.43. The number of fused-ring (bicyclic) bond motifs is 1. The van der Waals surface area contributed by atoms with E-state index in [1.54, 1.807) is 18.7 Å². The van der Waals surface area contributed by atoms with Crippen LogP contribution in [0.25, 0.3) is 0 Å². The fourth-order valence-electron chi connectivity index (χ4n) is 3.70. The third-order valence-corrected chi connectivity index (χ3v) is 4.94. The van der Waals surface area contributed by atoms with Gasteiger partial charge in [0.2, 0.25) is 0 Å². The zero-order valence-corrected chi connectivity index (χ0v) is 13.5. The minimum atomic E-state index is -0.354. The van der Waals surface area contributed by atoms with E-state index in [0.29, 0.717) is 24.4 Å². The van der Waals surface area contributed by atoms with Crippen LogP contribution in [0.3, 0.4) is 0 Å². The molecule has 7 nitrogen and oxygen atoms in total. The standard InChI is InChI=1S/C15H24N4O3/c1-17-9-19(8-10-4-6-11(22-3)7-5-10)14-12(17)13(20)16-15(21)18(14)2/h10-11H,4-9H2,1-3H3,(H,16,20,21). The molecule has 1 aliphatic heterocycles. The van der Waals surface area contributed by atoms with Gasteiger partial charge >= 0.3 is 5.69 Å². The van der Waals surface area contributed by atoms with Crippen molar-refractivity contribution in [2.45, 2.75) is 31.8 Å². The molecule has 3 rings (SSSR count). The number of rotatable bonds is 3. The van der Waals surface area contributed by atoms with Crippen molar-refractivity contribution in [3.8, 4) is 0 Å². The number of ether oxygens (including phenoxy) is 1. The SMILES string of the molecule is COC1CCC(CN2CN(C)c3c2n(C)c(=O)[nH]c3=O)CC1. The second kappa shape index (κ2) is 5.79. The minimum Gasteiger partial charge on any atom is -0.381 e. The molecular weight excluding hydrogens is 284 g/mol. The molecule has 0 amide bonds. The van der Waals surface area contributed by atoms with Crippen molar-refractivity contribution >= 4 is 11.5 Å². The molecule has 122 valence electrons. The number of aromatic nitrogens is 2. The maximum absolute atomic E-state index is 12.1. The molecule has 0 unspecified atom stereocenters. The van der Waals surface area contributed by atoms with Crippen molar-refractivity contribution in [1.29, 1.82) is 0 Å². The van der Waals surface area contributed by atoms with Crippen LogP contribution >= 0.6 is 0 Å². The lowest BCUT2D eigenvalue weighted by molar-refractivity contribution is 0.0577. The summed E-state index contributed by atoms with van der Waals surface area (Å²) in [5.41, 5.74) is -0.0639.